The standard InChI is InChI=1S/C18H18N4O3S/c1-14-4-2-3-5-18(14)25-16-6-8-17(9-7-16)26(23,24)21-12-15(13-21)22-11-10-19-20-22/h2-11,15H,12-13H2,1H3. The lowest BCUT2D eigenvalue weighted by Gasteiger charge is -2.37. The number of aromatic nitrogens is 3. The van der Waals surface area contributed by atoms with Crippen LogP contribution in [-0.4, -0.2) is 40.8 Å². The molecule has 8 heteroatoms. The van der Waals surface area contributed by atoms with Crippen LogP contribution in [0.25, 0.3) is 0 Å². The first-order valence-electron chi connectivity index (χ1n) is 8.23. The zero-order valence-electron chi connectivity index (χ0n) is 14.2. The van der Waals surface area contributed by atoms with Crippen molar-refractivity contribution in [3.63, 3.8) is 0 Å². The van der Waals surface area contributed by atoms with Gasteiger partial charge in [-0.1, -0.05) is 23.4 Å². The summed E-state index contributed by atoms with van der Waals surface area (Å²) in [7, 11) is -3.51. The van der Waals surface area contributed by atoms with Crippen molar-refractivity contribution < 1.29 is 13.2 Å². The van der Waals surface area contributed by atoms with Crippen molar-refractivity contribution in [2.24, 2.45) is 0 Å². The Bertz CT molecular complexity index is 995. The molecule has 0 unspecified atom stereocenters. The molecular formula is C18H18N4O3S. The Labute approximate surface area is 151 Å². The van der Waals surface area contributed by atoms with Crippen molar-refractivity contribution in [3.05, 3.63) is 66.5 Å². The summed E-state index contributed by atoms with van der Waals surface area (Å²) >= 11 is 0. The summed E-state index contributed by atoms with van der Waals surface area (Å²) < 4.78 is 34.3. The van der Waals surface area contributed by atoms with Gasteiger partial charge in [0.1, 0.15) is 11.5 Å². The van der Waals surface area contributed by atoms with Crippen LogP contribution in [0.4, 0.5) is 0 Å². The van der Waals surface area contributed by atoms with Gasteiger partial charge < -0.3 is 4.74 Å². The van der Waals surface area contributed by atoms with Gasteiger partial charge in [-0.05, 0) is 42.8 Å². The maximum Gasteiger partial charge on any atom is 0.243 e. The molecule has 0 bridgehead atoms. The molecule has 4 rings (SSSR count). The normalized spacial score (nSPS) is 15.6. The largest absolute Gasteiger partial charge is 0.457 e. The van der Waals surface area contributed by atoms with Crippen molar-refractivity contribution in [3.8, 4) is 11.5 Å². The van der Waals surface area contributed by atoms with Crippen molar-refractivity contribution in [2.75, 3.05) is 13.1 Å². The van der Waals surface area contributed by atoms with Crippen LogP contribution in [0, 0.1) is 6.92 Å². The van der Waals surface area contributed by atoms with Gasteiger partial charge >= 0.3 is 0 Å². The highest BCUT2D eigenvalue weighted by atomic mass is 32.2. The van der Waals surface area contributed by atoms with E-state index < -0.39 is 10.0 Å². The second-order valence-corrected chi connectivity index (χ2v) is 8.14. The highest BCUT2D eigenvalue weighted by molar-refractivity contribution is 7.89. The summed E-state index contributed by atoms with van der Waals surface area (Å²) in [4.78, 5) is 0.256. The second-order valence-electron chi connectivity index (χ2n) is 6.20. The fourth-order valence-electron chi connectivity index (χ4n) is 2.82. The van der Waals surface area contributed by atoms with Gasteiger partial charge in [0.25, 0.3) is 0 Å². The molecular weight excluding hydrogens is 352 g/mol. The molecule has 2 heterocycles. The maximum absolute atomic E-state index is 12.7. The minimum Gasteiger partial charge on any atom is -0.457 e. The number of hydrogen-bond donors (Lipinski definition) is 0. The molecule has 1 aliphatic heterocycles. The zero-order chi connectivity index (χ0) is 18.1. The Hall–Kier alpha value is -2.71. The van der Waals surface area contributed by atoms with Gasteiger partial charge in [-0.2, -0.15) is 4.31 Å². The van der Waals surface area contributed by atoms with Crippen LogP contribution in [0.2, 0.25) is 0 Å². The van der Waals surface area contributed by atoms with E-state index in [4.69, 9.17) is 4.74 Å². The molecule has 26 heavy (non-hydrogen) atoms. The Morgan fingerprint density at radius 1 is 1.08 bits per heavy atom. The Balaban J connectivity index is 1.45. The lowest BCUT2D eigenvalue weighted by molar-refractivity contribution is 0.189. The van der Waals surface area contributed by atoms with Crippen LogP contribution in [0.15, 0.2) is 65.8 Å². The average Bonchev–Trinajstić information content (AvgIpc) is 3.10. The van der Waals surface area contributed by atoms with Gasteiger partial charge in [0.2, 0.25) is 10.0 Å². The molecule has 0 amide bonds. The smallest absolute Gasteiger partial charge is 0.243 e. The van der Waals surface area contributed by atoms with Crippen molar-refractivity contribution in [1.82, 2.24) is 19.3 Å². The van der Waals surface area contributed by atoms with E-state index in [1.807, 2.05) is 31.2 Å². The topological polar surface area (TPSA) is 77.3 Å². The van der Waals surface area contributed by atoms with Crippen molar-refractivity contribution >= 4 is 10.0 Å². The number of rotatable bonds is 5. The molecule has 134 valence electrons. The van der Waals surface area contributed by atoms with Crippen LogP contribution in [-0.2, 0) is 10.0 Å². The van der Waals surface area contributed by atoms with E-state index in [-0.39, 0.29) is 10.9 Å². The predicted octanol–water partition coefficient (Wildman–Crippen LogP) is 2.62. The number of aryl methyl sites for hydroxylation is 1. The van der Waals surface area contributed by atoms with E-state index in [0.717, 1.165) is 11.3 Å². The molecule has 0 spiro atoms. The molecule has 1 fully saturated rings. The molecule has 2 aromatic carbocycles. The van der Waals surface area contributed by atoms with Crippen LogP contribution in [0.3, 0.4) is 0 Å². The molecule has 0 atom stereocenters. The summed E-state index contributed by atoms with van der Waals surface area (Å²) in [6, 6.07) is 14.2. The Kier molecular flexibility index (Phi) is 4.21. The third-order valence-electron chi connectivity index (χ3n) is 4.43. The van der Waals surface area contributed by atoms with E-state index in [1.54, 1.807) is 41.3 Å². The van der Waals surface area contributed by atoms with Gasteiger partial charge in [0.15, 0.2) is 0 Å². The lowest BCUT2D eigenvalue weighted by atomic mass is 10.2. The van der Waals surface area contributed by atoms with E-state index in [1.165, 1.54) is 4.31 Å². The number of nitrogens with zero attached hydrogens (tertiary/aromatic N) is 4. The summed E-state index contributed by atoms with van der Waals surface area (Å²) in [5.41, 5.74) is 1.02. The average molecular weight is 370 g/mol. The molecule has 1 aliphatic rings. The number of hydrogen-bond acceptors (Lipinski definition) is 5. The lowest BCUT2D eigenvalue weighted by Crippen LogP contribution is -2.50. The third-order valence-corrected chi connectivity index (χ3v) is 6.27. The summed E-state index contributed by atoms with van der Waals surface area (Å²) in [6.45, 7) is 2.75. The number of ether oxygens (including phenoxy) is 1. The summed E-state index contributed by atoms with van der Waals surface area (Å²) in [6.07, 6.45) is 3.33. The van der Waals surface area contributed by atoms with Gasteiger partial charge in [-0.25, -0.2) is 13.1 Å². The fourth-order valence-corrected chi connectivity index (χ4v) is 4.33. The Morgan fingerprint density at radius 2 is 1.81 bits per heavy atom. The maximum atomic E-state index is 12.7. The van der Waals surface area contributed by atoms with Gasteiger partial charge in [-0.15, -0.1) is 5.10 Å². The van der Waals surface area contributed by atoms with Crippen LogP contribution >= 0.6 is 0 Å². The summed E-state index contributed by atoms with van der Waals surface area (Å²) in [5, 5.41) is 7.67. The van der Waals surface area contributed by atoms with Gasteiger partial charge in [0, 0.05) is 19.3 Å². The van der Waals surface area contributed by atoms with Crippen LogP contribution < -0.4 is 4.74 Å². The number of sulfonamides is 1. The first kappa shape index (κ1) is 16.7. The van der Waals surface area contributed by atoms with E-state index >= 15 is 0 Å². The quantitative estimate of drug-likeness (QED) is 0.690. The molecule has 0 aliphatic carbocycles. The second kappa shape index (κ2) is 6.54. The minimum atomic E-state index is -3.51. The van der Waals surface area contributed by atoms with E-state index in [2.05, 4.69) is 10.3 Å². The number of para-hydroxylation sites is 1. The molecule has 0 saturated carbocycles. The number of benzene rings is 2. The fraction of sp³-hybridized carbons (Fsp3) is 0.222. The first-order chi connectivity index (χ1) is 12.5. The molecule has 0 radical (unpaired) electrons. The van der Waals surface area contributed by atoms with Crippen LogP contribution in [0.5, 0.6) is 11.5 Å². The molecule has 1 aromatic heterocycles. The van der Waals surface area contributed by atoms with Crippen molar-refractivity contribution in [1.29, 1.82) is 0 Å². The highest BCUT2D eigenvalue weighted by Crippen LogP contribution is 2.30. The van der Waals surface area contributed by atoms with E-state index in [0.29, 0.717) is 18.8 Å². The van der Waals surface area contributed by atoms with Gasteiger partial charge in [0.05, 0.1) is 17.1 Å². The Morgan fingerprint density at radius 3 is 2.46 bits per heavy atom. The predicted molar refractivity (Wildman–Crippen MR) is 95.5 cm³/mol. The van der Waals surface area contributed by atoms with E-state index in [9.17, 15) is 8.42 Å². The molecule has 0 N–H and O–H groups in total. The van der Waals surface area contributed by atoms with Crippen LogP contribution in [0.1, 0.15) is 11.6 Å². The van der Waals surface area contributed by atoms with Gasteiger partial charge in [-0.3, -0.25) is 0 Å². The first-order valence-corrected chi connectivity index (χ1v) is 9.67. The molecule has 3 aromatic rings. The minimum absolute atomic E-state index is 0.0379. The van der Waals surface area contributed by atoms with Crippen molar-refractivity contribution in [2.45, 2.75) is 17.9 Å². The monoisotopic (exact) mass is 370 g/mol. The molecule has 1 saturated heterocycles. The third kappa shape index (κ3) is 3.09. The highest BCUT2D eigenvalue weighted by Gasteiger charge is 2.38. The zero-order valence-corrected chi connectivity index (χ0v) is 15.0. The SMILES string of the molecule is Cc1ccccc1Oc1ccc(S(=O)(=O)N2CC(n3ccnn3)C2)cc1. The molecule has 7 nitrogen and oxygen atoms in total. The summed E-state index contributed by atoms with van der Waals surface area (Å²) in [5.74, 6) is 1.35.